The number of hydrogen-bond donors (Lipinski definition) is 1. The van der Waals surface area contributed by atoms with Gasteiger partial charge < -0.3 is 14.8 Å². The van der Waals surface area contributed by atoms with Crippen LogP contribution in [0.15, 0.2) is 42.6 Å². The lowest BCUT2D eigenvalue weighted by Gasteiger charge is -2.44. The summed E-state index contributed by atoms with van der Waals surface area (Å²) in [5.74, 6) is -1.56. The van der Waals surface area contributed by atoms with Crippen LogP contribution in [0.1, 0.15) is 53.0 Å². The molecule has 37 heavy (non-hydrogen) atoms. The van der Waals surface area contributed by atoms with Crippen molar-refractivity contribution in [2.45, 2.75) is 45.3 Å². The molecule has 3 heterocycles. The van der Waals surface area contributed by atoms with Crippen molar-refractivity contribution >= 4 is 40.1 Å². The number of aromatic nitrogens is 1. The first-order chi connectivity index (χ1) is 17.7. The van der Waals surface area contributed by atoms with Crippen LogP contribution in [0.4, 0.5) is 4.39 Å². The number of carbonyl (C=O) groups is 3. The molecule has 3 aromatic rings. The number of ketones is 1. The van der Waals surface area contributed by atoms with Crippen LogP contribution < -0.4 is 0 Å². The molecule has 2 atom stereocenters. The van der Waals surface area contributed by atoms with Gasteiger partial charge in [0.1, 0.15) is 5.82 Å². The lowest BCUT2D eigenvalue weighted by Crippen LogP contribution is -2.57. The second-order valence-electron chi connectivity index (χ2n) is 10.1. The fourth-order valence-corrected chi connectivity index (χ4v) is 5.60. The van der Waals surface area contributed by atoms with Crippen molar-refractivity contribution in [3.63, 3.8) is 0 Å². The Morgan fingerprint density at radius 2 is 1.70 bits per heavy atom. The van der Waals surface area contributed by atoms with Crippen molar-refractivity contribution in [3.05, 3.63) is 70.1 Å². The number of Topliss-reactive ketones (excluding diaryl/α,β-unsaturated/α-hetero) is 1. The van der Waals surface area contributed by atoms with Crippen LogP contribution in [0.3, 0.4) is 0 Å². The number of halogens is 2. The molecule has 2 aromatic carbocycles. The lowest BCUT2D eigenvalue weighted by molar-refractivity contribution is -0.125. The largest absolute Gasteiger partial charge is 0.360 e. The first-order valence-electron chi connectivity index (χ1n) is 12.7. The number of fused-ring (bicyclic) bond motifs is 1. The van der Waals surface area contributed by atoms with E-state index in [2.05, 4.69) is 16.8 Å². The summed E-state index contributed by atoms with van der Waals surface area (Å²) in [7, 11) is 0. The summed E-state index contributed by atoms with van der Waals surface area (Å²) in [5, 5.41) is 0.804. The molecule has 9 heteroatoms. The van der Waals surface area contributed by atoms with Gasteiger partial charge in [-0.1, -0.05) is 23.7 Å². The van der Waals surface area contributed by atoms with E-state index in [1.54, 1.807) is 29.2 Å². The number of nitrogens with one attached hydrogen (secondary N) is 1. The normalized spacial score (nSPS) is 20.5. The molecule has 0 bridgehead atoms. The molecule has 0 saturated carbocycles. The number of piperazine rings is 1. The SMILES string of the molecule is C[C@@H]1CN(C(=O)c2cc3c(C(=O)C(=O)N4CCCC4)c[nH]c3cc2Cl)[C@@H](C)CN1Cc1ccc(F)cc1. The monoisotopic (exact) mass is 524 g/mol. The zero-order valence-corrected chi connectivity index (χ0v) is 21.7. The number of benzene rings is 2. The van der Waals surface area contributed by atoms with E-state index in [9.17, 15) is 18.8 Å². The maximum absolute atomic E-state index is 13.7. The van der Waals surface area contributed by atoms with Gasteiger partial charge in [-0.15, -0.1) is 0 Å². The highest BCUT2D eigenvalue weighted by Gasteiger charge is 2.34. The molecule has 194 valence electrons. The number of H-pyrrole nitrogens is 1. The first-order valence-corrected chi connectivity index (χ1v) is 13.0. The Morgan fingerprint density at radius 1 is 1.00 bits per heavy atom. The zero-order valence-electron chi connectivity index (χ0n) is 21.0. The van der Waals surface area contributed by atoms with Crippen LogP contribution in [-0.4, -0.2) is 75.5 Å². The van der Waals surface area contributed by atoms with Crippen molar-refractivity contribution in [3.8, 4) is 0 Å². The average Bonchev–Trinajstić information content (AvgIpc) is 3.56. The highest BCUT2D eigenvalue weighted by atomic mass is 35.5. The molecule has 0 aliphatic carbocycles. The third kappa shape index (κ3) is 5.00. The standard InChI is InChI=1S/C28H30ClFN4O3/c1-17-15-34(18(2)14-33(17)16-19-5-7-20(30)8-6-19)27(36)22-11-21-23(13-31-25(21)12-24(22)29)26(35)28(37)32-9-3-4-10-32/h5-8,11-13,17-18,31H,3-4,9-10,14-16H2,1-2H3/t17-,18+/m1/s1. The van der Waals surface area contributed by atoms with E-state index in [0.717, 1.165) is 18.4 Å². The fraction of sp³-hybridized carbons (Fsp3) is 0.393. The summed E-state index contributed by atoms with van der Waals surface area (Å²) in [4.78, 5) is 48.1. The number of rotatable bonds is 5. The van der Waals surface area contributed by atoms with Gasteiger partial charge in [0, 0.05) is 61.9 Å². The maximum atomic E-state index is 13.7. The predicted molar refractivity (Wildman–Crippen MR) is 140 cm³/mol. The van der Waals surface area contributed by atoms with Crippen molar-refractivity contribution < 1.29 is 18.8 Å². The Hall–Kier alpha value is -3.23. The maximum Gasteiger partial charge on any atom is 0.295 e. The van der Waals surface area contributed by atoms with E-state index in [0.29, 0.717) is 49.2 Å². The van der Waals surface area contributed by atoms with E-state index in [1.807, 2.05) is 11.8 Å². The molecule has 2 amide bonds. The van der Waals surface area contributed by atoms with Crippen LogP contribution in [-0.2, 0) is 11.3 Å². The summed E-state index contributed by atoms with van der Waals surface area (Å²) in [6.45, 7) is 7.06. The van der Waals surface area contributed by atoms with Crippen molar-refractivity contribution in [1.29, 1.82) is 0 Å². The summed E-state index contributed by atoms with van der Waals surface area (Å²) in [5.41, 5.74) is 2.18. The molecule has 0 unspecified atom stereocenters. The smallest absolute Gasteiger partial charge is 0.295 e. The summed E-state index contributed by atoms with van der Waals surface area (Å²) < 4.78 is 13.3. The Morgan fingerprint density at radius 3 is 2.41 bits per heavy atom. The number of carbonyl (C=O) groups excluding carboxylic acids is 3. The highest BCUT2D eigenvalue weighted by Crippen LogP contribution is 2.30. The van der Waals surface area contributed by atoms with E-state index < -0.39 is 11.7 Å². The van der Waals surface area contributed by atoms with E-state index in [1.165, 1.54) is 18.3 Å². The minimum atomic E-state index is -0.578. The Bertz CT molecular complexity index is 1350. The molecule has 5 rings (SSSR count). The van der Waals surface area contributed by atoms with Crippen molar-refractivity contribution in [2.75, 3.05) is 26.2 Å². The Labute approximate surface area is 220 Å². The van der Waals surface area contributed by atoms with Gasteiger partial charge in [-0.25, -0.2) is 4.39 Å². The number of hydrogen-bond acceptors (Lipinski definition) is 4. The summed E-state index contributed by atoms with van der Waals surface area (Å²) >= 11 is 6.54. The van der Waals surface area contributed by atoms with Crippen molar-refractivity contribution in [2.24, 2.45) is 0 Å². The number of nitrogens with zero attached hydrogens (tertiary/aromatic N) is 3. The van der Waals surface area contributed by atoms with Gasteiger partial charge in [0.2, 0.25) is 0 Å². The van der Waals surface area contributed by atoms with E-state index >= 15 is 0 Å². The Balaban J connectivity index is 1.36. The molecule has 7 nitrogen and oxygen atoms in total. The molecule has 1 N–H and O–H groups in total. The van der Waals surface area contributed by atoms with Crippen LogP contribution in [0, 0.1) is 5.82 Å². The second-order valence-corrected chi connectivity index (χ2v) is 10.5. The molecule has 1 aromatic heterocycles. The van der Waals surface area contributed by atoms with Gasteiger partial charge in [-0.05, 0) is 56.5 Å². The van der Waals surface area contributed by atoms with E-state index in [-0.39, 0.29) is 34.4 Å². The summed E-state index contributed by atoms with van der Waals surface area (Å²) in [6.07, 6.45) is 3.31. The molecular weight excluding hydrogens is 495 g/mol. The third-order valence-electron chi connectivity index (χ3n) is 7.51. The van der Waals surface area contributed by atoms with E-state index in [4.69, 9.17) is 11.6 Å². The molecule has 0 spiro atoms. The highest BCUT2D eigenvalue weighted by molar-refractivity contribution is 6.45. The molecule has 2 fully saturated rings. The topological polar surface area (TPSA) is 76.7 Å². The quantitative estimate of drug-likeness (QED) is 0.394. The number of amides is 2. The molecular formula is C28H30ClFN4O3. The molecule has 0 radical (unpaired) electrons. The third-order valence-corrected chi connectivity index (χ3v) is 7.82. The van der Waals surface area contributed by atoms with Gasteiger partial charge in [0.05, 0.1) is 16.1 Å². The fourth-order valence-electron chi connectivity index (χ4n) is 5.35. The summed E-state index contributed by atoms with van der Waals surface area (Å²) in [6, 6.07) is 9.74. The molecule has 2 aliphatic rings. The van der Waals surface area contributed by atoms with Crippen LogP contribution >= 0.6 is 11.6 Å². The van der Waals surface area contributed by atoms with Crippen molar-refractivity contribution in [1.82, 2.24) is 19.7 Å². The Kier molecular flexibility index (Phi) is 7.05. The van der Waals surface area contributed by atoms with Crippen LogP contribution in [0.25, 0.3) is 10.9 Å². The average molecular weight is 525 g/mol. The zero-order chi connectivity index (χ0) is 26.3. The number of aromatic amines is 1. The molecule has 2 aliphatic heterocycles. The lowest BCUT2D eigenvalue weighted by atomic mass is 10.0. The number of likely N-dealkylation sites (tertiary alicyclic amines) is 1. The molecule has 2 saturated heterocycles. The van der Waals surface area contributed by atoms with Gasteiger partial charge in [0.25, 0.3) is 17.6 Å². The first kappa shape index (κ1) is 25.4. The minimum Gasteiger partial charge on any atom is -0.360 e. The second kappa shape index (κ2) is 10.3. The van der Waals surface area contributed by atoms with Gasteiger partial charge in [-0.2, -0.15) is 0 Å². The van der Waals surface area contributed by atoms with Crippen LogP contribution in [0.2, 0.25) is 5.02 Å². The minimum absolute atomic E-state index is 0.0789. The van der Waals surface area contributed by atoms with Gasteiger partial charge >= 0.3 is 0 Å². The van der Waals surface area contributed by atoms with Gasteiger partial charge in [-0.3, -0.25) is 19.3 Å². The van der Waals surface area contributed by atoms with Gasteiger partial charge in [0.15, 0.2) is 0 Å². The predicted octanol–water partition coefficient (Wildman–Crippen LogP) is 4.50. The van der Waals surface area contributed by atoms with Crippen LogP contribution in [0.5, 0.6) is 0 Å².